The van der Waals surface area contributed by atoms with Crippen molar-refractivity contribution < 1.29 is 9.18 Å². The summed E-state index contributed by atoms with van der Waals surface area (Å²) in [5, 5.41) is 0. The third-order valence-electron chi connectivity index (χ3n) is 1.85. The molecule has 0 saturated heterocycles. The van der Waals surface area contributed by atoms with Crippen LogP contribution in [0.4, 0.5) is 4.39 Å². The Morgan fingerprint density at radius 3 is 2.79 bits per heavy atom. The van der Waals surface area contributed by atoms with Crippen LogP contribution in [0.1, 0.15) is 10.4 Å². The van der Waals surface area contributed by atoms with Gasteiger partial charge in [0.15, 0.2) is 0 Å². The number of carbonyl (C=O) groups excluding carboxylic acids is 1. The number of carbonyl (C=O) groups is 1. The zero-order valence-corrected chi connectivity index (χ0v) is 8.03. The first-order chi connectivity index (χ1) is 6.66. The normalized spacial score (nSPS) is 9.57. The van der Waals surface area contributed by atoms with Gasteiger partial charge in [-0.25, -0.2) is 4.39 Å². The van der Waals surface area contributed by atoms with Crippen LogP contribution in [0.2, 0.25) is 0 Å². The highest BCUT2D eigenvalue weighted by Crippen LogP contribution is 2.08. The van der Waals surface area contributed by atoms with Crippen molar-refractivity contribution in [2.45, 2.75) is 0 Å². The van der Waals surface area contributed by atoms with E-state index in [-0.39, 0.29) is 11.5 Å². The number of hydrogen-bond donors (Lipinski definition) is 0. The molecule has 0 atom stereocenters. The van der Waals surface area contributed by atoms with Crippen molar-refractivity contribution in [1.82, 2.24) is 4.90 Å². The predicted octanol–water partition coefficient (Wildman–Crippen LogP) is 2.08. The number of hydrogen-bond acceptors (Lipinski definition) is 1. The van der Waals surface area contributed by atoms with E-state index in [0.29, 0.717) is 6.54 Å². The fourth-order valence-electron chi connectivity index (χ4n) is 1.12. The van der Waals surface area contributed by atoms with Crippen LogP contribution in [0.25, 0.3) is 0 Å². The maximum absolute atomic E-state index is 13.2. The average molecular weight is 193 g/mol. The SMILES string of the molecule is C=CCN(C)C(=O)c1ccccc1F. The molecule has 14 heavy (non-hydrogen) atoms. The number of likely N-dealkylation sites (N-methyl/N-ethyl adjacent to an activating group) is 1. The Morgan fingerprint density at radius 2 is 2.21 bits per heavy atom. The molecule has 0 aliphatic rings. The molecule has 0 aliphatic heterocycles. The van der Waals surface area contributed by atoms with Gasteiger partial charge < -0.3 is 4.90 Å². The number of rotatable bonds is 3. The largest absolute Gasteiger partial charge is 0.338 e. The summed E-state index contributed by atoms with van der Waals surface area (Å²) in [4.78, 5) is 13.0. The highest BCUT2D eigenvalue weighted by Gasteiger charge is 2.13. The molecule has 0 aromatic heterocycles. The van der Waals surface area contributed by atoms with Gasteiger partial charge in [-0.3, -0.25) is 4.79 Å². The predicted molar refractivity (Wildman–Crippen MR) is 53.6 cm³/mol. The van der Waals surface area contributed by atoms with Gasteiger partial charge in [0, 0.05) is 13.6 Å². The molecule has 0 aliphatic carbocycles. The Kier molecular flexibility index (Phi) is 3.40. The second-order valence-electron chi connectivity index (χ2n) is 2.95. The maximum atomic E-state index is 13.2. The van der Waals surface area contributed by atoms with Gasteiger partial charge in [0.1, 0.15) is 5.82 Å². The van der Waals surface area contributed by atoms with Crippen LogP contribution < -0.4 is 0 Å². The van der Waals surface area contributed by atoms with Gasteiger partial charge in [0.05, 0.1) is 5.56 Å². The summed E-state index contributed by atoms with van der Waals surface area (Å²) in [7, 11) is 1.61. The molecule has 0 fully saturated rings. The lowest BCUT2D eigenvalue weighted by molar-refractivity contribution is 0.0805. The average Bonchev–Trinajstić information content (AvgIpc) is 2.18. The first kappa shape index (κ1) is 10.4. The molecule has 0 N–H and O–H groups in total. The zero-order chi connectivity index (χ0) is 10.6. The monoisotopic (exact) mass is 193 g/mol. The molecule has 1 aromatic rings. The fraction of sp³-hybridized carbons (Fsp3) is 0.182. The molecule has 2 nitrogen and oxygen atoms in total. The van der Waals surface area contributed by atoms with Crippen molar-refractivity contribution in [1.29, 1.82) is 0 Å². The molecule has 3 heteroatoms. The summed E-state index contributed by atoms with van der Waals surface area (Å²) in [5.74, 6) is -0.823. The molecule has 0 heterocycles. The minimum absolute atomic E-state index is 0.0943. The van der Waals surface area contributed by atoms with Gasteiger partial charge in [0.2, 0.25) is 0 Å². The number of benzene rings is 1. The van der Waals surface area contributed by atoms with Crippen molar-refractivity contribution >= 4 is 5.91 Å². The summed E-state index contributed by atoms with van der Waals surface area (Å²) in [6, 6.07) is 5.93. The first-order valence-electron chi connectivity index (χ1n) is 4.27. The Morgan fingerprint density at radius 1 is 1.57 bits per heavy atom. The van der Waals surface area contributed by atoms with Crippen molar-refractivity contribution in [2.24, 2.45) is 0 Å². The number of nitrogens with zero attached hydrogens (tertiary/aromatic N) is 1. The first-order valence-corrected chi connectivity index (χ1v) is 4.27. The minimum Gasteiger partial charge on any atom is -0.338 e. The molecular weight excluding hydrogens is 181 g/mol. The maximum Gasteiger partial charge on any atom is 0.256 e. The topological polar surface area (TPSA) is 20.3 Å². The van der Waals surface area contributed by atoms with Crippen LogP contribution in [-0.2, 0) is 0 Å². The number of halogens is 1. The molecule has 0 spiro atoms. The van der Waals surface area contributed by atoms with E-state index in [4.69, 9.17) is 0 Å². The molecular formula is C11H12FNO. The summed E-state index contributed by atoms with van der Waals surface area (Å²) < 4.78 is 13.2. The van der Waals surface area contributed by atoms with Gasteiger partial charge in [0.25, 0.3) is 5.91 Å². The second kappa shape index (κ2) is 4.56. The zero-order valence-electron chi connectivity index (χ0n) is 8.03. The Bertz CT molecular complexity index is 349. The van der Waals surface area contributed by atoms with Gasteiger partial charge in [-0.1, -0.05) is 18.2 Å². The second-order valence-corrected chi connectivity index (χ2v) is 2.95. The van der Waals surface area contributed by atoms with E-state index in [1.54, 1.807) is 25.3 Å². The van der Waals surface area contributed by atoms with Crippen LogP contribution in [-0.4, -0.2) is 24.4 Å². The van der Waals surface area contributed by atoms with Crippen LogP contribution in [0.15, 0.2) is 36.9 Å². The quantitative estimate of drug-likeness (QED) is 0.673. The van der Waals surface area contributed by atoms with Gasteiger partial charge in [-0.2, -0.15) is 0 Å². The molecule has 0 unspecified atom stereocenters. The molecule has 0 saturated carbocycles. The van der Waals surface area contributed by atoms with E-state index in [9.17, 15) is 9.18 Å². The highest BCUT2D eigenvalue weighted by atomic mass is 19.1. The lowest BCUT2D eigenvalue weighted by Gasteiger charge is -2.14. The van der Waals surface area contributed by atoms with Gasteiger partial charge in [-0.05, 0) is 12.1 Å². The van der Waals surface area contributed by atoms with Crippen LogP contribution >= 0.6 is 0 Å². The van der Waals surface area contributed by atoms with Crippen LogP contribution in [0.5, 0.6) is 0 Å². The van der Waals surface area contributed by atoms with E-state index < -0.39 is 5.82 Å². The Labute approximate surface area is 82.7 Å². The lowest BCUT2D eigenvalue weighted by Crippen LogP contribution is -2.27. The third-order valence-corrected chi connectivity index (χ3v) is 1.85. The van der Waals surface area contributed by atoms with Gasteiger partial charge in [-0.15, -0.1) is 6.58 Å². The van der Waals surface area contributed by atoms with Crippen molar-refractivity contribution in [3.05, 3.63) is 48.3 Å². The smallest absolute Gasteiger partial charge is 0.256 e. The van der Waals surface area contributed by atoms with E-state index in [2.05, 4.69) is 6.58 Å². The Hall–Kier alpha value is -1.64. The van der Waals surface area contributed by atoms with E-state index in [0.717, 1.165) is 0 Å². The van der Waals surface area contributed by atoms with Crippen molar-refractivity contribution in [3.63, 3.8) is 0 Å². The molecule has 1 rings (SSSR count). The molecule has 0 radical (unpaired) electrons. The minimum atomic E-state index is -0.492. The summed E-state index contributed by atoms with van der Waals surface area (Å²) >= 11 is 0. The van der Waals surface area contributed by atoms with Gasteiger partial charge >= 0.3 is 0 Å². The molecule has 0 bridgehead atoms. The summed E-state index contributed by atoms with van der Waals surface area (Å²) in [5.41, 5.74) is 0.0943. The molecule has 74 valence electrons. The standard InChI is InChI=1S/C11H12FNO/c1-3-8-13(2)11(14)9-6-4-5-7-10(9)12/h3-7H,1,8H2,2H3. The van der Waals surface area contributed by atoms with Crippen LogP contribution in [0.3, 0.4) is 0 Å². The summed E-state index contributed by atoms with van der Waals surface area (Å²) in [6.07, 6.45) is 1.60. The number of amides is 1. The molecule has 1 aromatic carbocycles. The van der Waals surface area contributed by atoms with Crippen molar-refractivity contribution in [3.8, 4) is 0 Å². The van der Waals surface area contributed by atoms with E-state index in [1.165, 1.54) is 17.0 Å². The van der Waals surface area contributed by atoms with E-state index >= 15 is 0 Å². The Balaban J connectivity index is 2.89. The van der Waals surface area contributed by atoms with Crippen LogP contribution in [0, 0.1) is 5.82 Å². The lowest BCUT2D eigenvalue weighted by atomic mass is 10.2. The fourth-order valence-corrected chi connectivity index (χ4v) is 1.12. The highest BCUT2D eigenvalue weighted by molar-refractivity contribution is 5.94. The third kappa shape index (κ3) is 2.19. The summed E-state index contributed by atoms with van der Waals surface area (Å²) in [6.45, 7) is 3.92. The molecule has 1 amide bonds. The van der Waals surface area contributed by atoms with E-state index in [1.807, 2.05) is 0 Å². The van der Waals surface area contributed by atoms with Crippen molar-refractivity contribution in [2.75, 3.05) is 13.6 Å².